The Hall–Kier alpha value is -1.45. The number of aryl methyl sites for hydroxylation is 1. The summed E-state index contributed by atoms with van der Waals surface area (Å²) < 4.78 is 26.8. The minimum absolute atomic E-state index is 0.122. The van der Waals surface area contributed by atoms with Crippen LogP contribution in [-0.4, -0.2) is 0 Å². The molecule has 0 saturated carbocycles. The summed E-state index contributed by atoms with van der Waals surface area (Å²) >= 11 is 5.93. The fraction of sp³-hybridized carbons (Fsp3) is 0.143. The SMILES string of the molecule is Cc1cc(Cl)cc(C(N)c2cccc(F)c2F)c1. The Bertz CT molecular complexity index is 564. The predicted octanol–water partition coefficient (Wildman–Crippen LogP) is 3.97. The highest BCUT2D eigenvalue weighted by atomic mass is 35.5. The molecular formula is C14H12ClF2N. The van der Waals surface area contributed by atoms with Crippen molar-refractivity contribution in [3.8, 4) is 0 Å². The van der Waals surface area contributed by atoms with Crippen LogP contribution in [-0.2, 0) is 0 Å². The smallest absolute Gasteiger partial charge is 0.163 e. The van der Waals surface area contributed by atoms with Gasteiger partial charge >= 0.3 is 0 Å². The second-order valence-electron chi connectivity index (χ2n) is 4.18. The van der Waals surface area contributed by atoms with Crippen molar-refractivity contribution in [2.24, 2.45) is 5.73 Å². The van der Waals surface area contributed by atoms with Crippen molar-refractivity contribution in [3.05, 3.63) is 69.7 Å². The summed E-state index contributed by atoms with van der Waals surface area (Å²) in [5.74, 6) is -1.82. The first-order chi connectivity index (χ1) is 8.49. The summed E-state index contributed by atoms with van der Waals surface area (Å²) in [6.45, 7) is 1.87. The van der Waals surface area contributed by atoms with Gasteiger partial charge in [-0.15, -0.1) is 0 Å². The Labute approximate surface area is 109 Å². The molecular weight excluding hydrogens is 256 g/mol. The third-order valence-electron chi connectivity index (χ3n) is 2.74. The topological polar surface area (TPSA) is 26.0 Å². The normalized spacial score (nSPS) is 12.5. The van der Waals surface area contributed by atoms with Crippen molar-refractivity contribution in [2.45, 2.75) is 13.0 Å². The van der Waals surface area contributed by atoms with Gasteiger partial charge in [-0.3, -0.25) is 0 Å². The maximum atomic E-state index is 13.7. The second-order valence-corrected chi connectivity index (χ2v) is 4.62. The molecule has 0 bridgehead atoms. The minimum Gasteiger partial charge on any atom is -0.320 e. The van der Waals surface area contributed by atoms with E-state index in [4.69, 9.17) is 17.3 Å². The molecule has 18 heavy (non-hydrogen) atoms. The fourth-order valence-electron chi connectivity index (χ4n) is 1.88. The summed E-state index contributed by atoms with van der Waals surface area (Å²) in [6.07, 6.45) is 0. The first kappa shape index (κ1) is 13.0. The van der Waals surface area contributed by atoms with Crippen LogP contribution < -0.4 is 5.73 Å². The number of benzene rings is 2. The van der Waals surface area contributed by atoms with Crippen LogP contribution in [0.3, 0.4) is 0 Å². The molecule has 0 saturated heterocycles. The van der Waals surface area contributed by atoms with E-state index < -0.39 is 17.7 Å². The summed E-state index contributed by atoms with van der Waals surface area (Å²) in [6, 6.07) is 8.47. The molecule has 0 heterocycles. The van der Waals surface area contributed by atoms with E-state index in [9.17, 15) is 8.78 Å². The average Bonchev–Trinajstić information content (AvgIpc) is 2.30. The van der Waals surface area contributed by atoms with Crippen LogP contribution in [0.25, 0.3) is 0 Å². The first-order valence-electron chi connectivity index (χ1n) is 5.45. The maximum Gasteiger partial charge on any atom is 0.163 e. The maximum absolute atomic E-state index is 13.7. The Morgan fingerprint density at radius 1 is 1.17 bits per heavy atom. The Balaban J connectivity index is 2.47. The summed E-state index contributed by atoms with van der Waals surface area (Å²) in [7, 11) is 0. The molecule has 1 nitrogen and oxygen atoms in total. The second kappa shape index (κ2) is 5.04. The van der Waals surface area contributed by atoms with Crippen molar-refractivity contribution in [2.75, 3.05) is 0 Å². The Morgan fingerprint density at radius 3 is 2.56 bits per heavy atom. The van der Waals surface area contributed by atoms with E-state index in [1.807, 2.05) is 6.92 Å². The molecule has 0 aliphatic carbocycles. The van der Waals surface area contributed by atoms with Gasteiger partial charge in [-0.05, 0) is 36.2 Å². The van der Waals surface area contributed by atoms with Gasteiger partial charge in [-0.1, -0.05) is 29.8 Å². The lowest BCUT2D eigenvalue weighted by Gasteiger charge is -2.14. The number of nitrogens with two attached hydrogens (primary N) is 1. The van der Waals surface area contributed by atoms with E-state index in [-0.39, 0.29) is 5.56 Å². The highest BCUT2D eigenvalue weighted by Crippen LogP contribution is 2.26. The number of rotatable bonds is 2. The lowest BCUT2D eigenvalue weighted by atomic mass is 9.97. The predicted molar refractivity (Wildman–Crippen MR) is 68.6 cm³/mol. The standard InChI is InChI=1S/C14H12ClF2N/c1-8-5-9(7-10(15)6-8)14(18)11-3-2-4-12(16)13(11)17/h2-7,14H,18H2,1H3. The Morgan fingerprint density at radius 2 is 1.89 bits per heavy atom. The van der Waals surface area contributed by atoms with Gasteiger partial charge in [-0.25, -0.2) is 8.78 Å². The molecule has 0 amide bonds. The number of hydrogen-bond donors (Lipinski definition) is 1. The molecule has 2 rings (SSSR count). The van der Waals surface area contributed by atoms with E-state index in [1.165, 1.54) is 12.1 Å². The van der Waals surface area contributed by atoms with Crippen molar-refractivity contribution in [1.29, 1.82) is 0 Å². The van der Waals surface area contributed by atoms with E-state index in [0.717, 1.165) is 11.6 Å². The molecule has 1 atom stereocenters. The van der Waals surface area contributed by atoms with E-state index in [0.29, 0.717) is 10.6 Å². The molecule has 2 aromatic rings. The largest absolute Gasteiger partial charge is 0.320 e. The average molecular weight is 268 g/mol. The molecule has 2 aromatic carbocycles. The van der Waals surface area contributed by atoms with Crippen molar-refractivity contribution >= 4 is 11.6 Å². The highest BCUT2D eigenvalue weighted by Gasteiger charge is 2.16. The summed E-state index contributed by atoms with van der Waals surface area (Å²) in [5, 5.41) is 0.525. The van der Waals surface area contributed by atoms with Crippen LogP contribution in [0.1, 0.15) is 22.7 Å². The third-order valence-corrected chi connectivity index (χ3v) is 2.96. The molecule has 0 spiro atoms. The first-order valence-corrected chi connectivity index (χ1v) is 5.83. The van der Waals surface area contributed by atoms with Gasteiger partial charge < -0.3 is 5.73 Å². The molecule has 0 aliphatic heterocycles. The third kappa shape index (κ3) is 2.52. The van der Waals surface area contributed by atoms with E-state index in [2.05, 4.69) is 0 Å². The van der Waals surface area contributed by atoms with Gasteiger partial charge in [-0.2, -0.15) is 0 Å². The van der Waals surface area contributed by atoms with Crippen molar-refractivity contribution in [1.82, 2.24) is 0 Å². The number of halogens is 3. The molecule has 0 radical (unpaired) electrons. The van der Waals surface area contributed by atoms with E-state index >= 15 is 0 Å². The van der Waals surface area contributed by atoms with Gasteiger partial charge in [0.2, 0.25) is 0 Å². The lowest BCUT2D eigenvalue weighted by Crippen LogP contribution is -2.14. The molecule has 0 fully saturated rings. The zero-order valence-electron chi connectivity index (χ0n) is 9.75. The van der Waals surface area contributed by atoms with Gasteiger partial charge in [0.15, 0.2) is 11.6 Å². The van der Waals surface area contributed by atoms with Crippen LogP contribution in [0, 0.1) is 18.6 Å². The molecule has 2 N–H and O–H groups in total. The van der Waals surface area contributed by atoms with E-state index in [1.54, 1.807) is 18.2 Å². The van der Waals surface area contributed by atoms with Gasteiger partial charge in [0.25, 0.3) is 0 Å². The summed E-state index contributed by atoms with van der Waals surface area (Å²) in [4.78, 5) is 0. The van der Waals surface area contributed by atoms with Gasteiger partial charge in [0, 0.05) is 10.6 Å². The van der Waals surface area contributed by atoms with Crippen LogP contribution in [0.4, 0.5) is 8.78 Å². The molecule has 0 aliphatic rings. The van der Waals surface area contributed by atoms with Gasteiger partial charge in [0.05, 0.1) is 6.04 Å². The van der Waals surface area contributed by atoms with Gasteiger partial charge in [0.1, 0.15) is 0 Å². The number of hydrogen-bond acceptors (Lipinski definition) is 1. The molecule has 4 heteroatoms. The van der Waals surface area contributed by atoms with Crippen LogP contribution >= 0.6 is 11.6 Å². The monoisotopic (exact) mass is 267 g/mol. The lowest BCUT2D eigenvalue weighted by molar-refractivity contribution is 0.494. The quantitative estimate of drug-likeness (QED) is 0.875. The zero-order chi connectivity index (χ0) is 13.3. The Kier molecular flexibility index (Phi) is 3.64. The molecule has 94 valence electrons. The fourth-order valence-corrected chi connectivity index (χ4v) is 2.18. The summed E-state index contributed by atoms with van der Waals surface area (Å²) in [5.41, 5.74) is 7.66. The molecule has 0 aromatic heterocycles. The zero-order valence-corrected chi connectivity index (χ0v) is 10.5. The van der Waals surface area contributed by atoms with Crippen LogP contribution in [0.15, 0.2) is 36.4 Å². The highest BCUT2D eigenvalue weighted by molar-refractivity contribution is 6.30. The van der Waals surface area contributed by atoms with Crippen molar-refractivity contribution in [3.63, 3.8) is 0 Å². The minimum atomic E-state index is -0.914. The molecule has 1 unspecified atom stereocenters. The van der Waals surface area contributed by atoms with Crippen LogP contribution in [0.5, 0.6) is 0 Å². The van der Waals surface area contributed by atoms with Crippen molar-refractivity contribution < 1.29 is 8.78 Å². The van der Waals surface area contributed by atoms with Crippen LogP contribution in [0.2, 0.25) is 5.02 Å².